The molecule has 0 N–H and O–H groups in total. The number of hydrogen-bond acceptors (Lipinski definition) is 4. The summed E-state index contributed by atoms with van der Waals surface area (Å²) < 4.78 is 57.0. The Labute approximate surface area is 167 Å². The first-order chi connectivity index (χ1) is 13.9. The molecule has 3 aromatic rings. The predicted molar refractivity (Wildman–Crippen MR) is 104 cm³/mol. The van der Waals surface area contributed by atoms with E-state index in [1.807, 2.05) is 0 Å². The second kappa shape index (κ2) is 8.67. The Morgan fingerprint density at radius 2 is 1.59 bits per heavy atom. The zero-order valence-corrected chi connectivity index (χ0v) is 15.9. The van der Waals surface area contributed by atoms with Crippen LogP contribution in [0.4, 0.5) is 8.78 Å². The van der Waals surface area contributed by atoms with Gasteiger partial charge in [0, 0.05) is 6.07 Å². The van der Waals surface area contributed by atoms with Crippen LogP contribution in [0, 0.1) is 23.0 Å². The number of halogens is 2. The van der Waals surface area contributed by atoms with Crippen molar-refractivity contribution in [1.82, 2.24) is 0 Å². The van der Waals surface area contributed by atoms with Crippen molar-refractivity contribution in [3.8, 4) is 11.8 Å². The van der Waals surface area contributed by atoms with Crippen molar-refractivity contribution in [2.24, 2.45) is 0 Å². The van der Waals surface area contributed by atoms with Crippen LogP contribution in [0.15, 0.2) is 82.6 Å². The summed E-state index contributed by atoms with van der Waals surface area (Å²) in [5.74, 6) is -0.947. The molecule has 7 heteroatoms. The lowest BCUT2D eigenvalue weighted by molar-refractivity contribution is 0.305. The number of ether oxygens (including phenoxy) is 1. The molecule has 146 valence electrons. The van der Waals surface area contributed by atoms with Gasteiger partial charge in [-0.1, -0.05) is 30.3 Å². The summed E-state index contributed by atoms with van der Waals surface area (Å²) in [4.78, 5) is -0.345. The highest BCUT2D eigenvalue weighted by atomic mass is 32.2. The van der Waals surface area contributed by atoms with Crippen molar-refractivity contribution in [3.05, 3.63) is 100 Å². The maximum absolute atomic E-state index is 13.2. The molecule has 0 saturated carbocycles. The van der Waals surface area contributed by atoms with Crippen LogP contribution in [-0.4, -0.2) is 8.42 Å². The lowest BCUT2D eigenvalue weighted by Crippen LogP contribution is -2.03. The molecule has 0 radical (unpaired) electrons. The second-order valence-corrected chi connectivity index (χ2v) is 7.99. The van der Waals surface area contributed by atoms with Gasteiger partial charge in [0.2, 0.25) is 9.84 Å². The minimum Gasteiger partial charge on any atom is -0.489 e. The van der Waals surface area contributed by atoms with E-state index in [-0.39, 0.29) is 16.4 Å². The molecule has 0 bridgehead atoms. The third-order valence-corrected chi connectivity index (χ3v) is 5.64. The average Bonchev–Trinajstić information content (AvgIpc) is 2.71. The van der Waals surface area contributed by atoms with Gasteiger partial charge in [0.1, 0.15) is 35.0 Å². The third kappa shape index (κ3) is 5.06. The molecule has 0 fully saturated rings. The van der Waals surface area contributed by atoms with Crippen molar-refractivity contribution < 1.29 is 21.9 Å². The van der Waals surface area contributed by atoms with E-state index in [4.69, 9.17) is 4.74 Å². The molecule has 0 aliphatic rings. The molecule has 0 aliphatic carbocycles. The highest BCUT2D eigenvalue weighted by Gasteiger charge is 2.20. The highest BCUT2D eigenvalue weighted by molar-refractivity contribution is 7.95. The Bertz CT molecular complexity index is 1160. The van der Waals surface area contributed by atoms with Crippen LogP contribution >= 0.6 is 0 Å². The smallest absolute Gasteiger partial charge is 0.216 e. The number of allylic oxidation sites excluding steroid dienone is 1. The Morgan fingerprint density at radius 1 is 0.966 bits per heavy atom. The number of rotatable bonds is 6. The summed E-state index contributed by atoms with van der Waals surface area (Å²) in [6.45, 7) is -0.0320. The molecule has 0 amide bonds. The Hall–Kier alpha value is -3.50. The van der Waals surface area contributed by atoms with E-state index < -0.39 is 21.5 Å². The van der Waals surface area contributed by atoms with E-state index in [1.54, 1.807) is 48.5 Å². The number of nitriles is 1. The Kier molecular flexibility index (Phi) is 6.05. The van der Waals surface area contributed by atoms with E-state index in [0.29, 0.717) is 16.9 Å². The van der Waals surface area contributed by atoms with Gasteiger partial charge in [0.05, 0.1) is 4.90 Å². The monoisotopic (exact) mass is 411 g/mol. The molecule has 0 aliphatic heterocycles. The zero-order chi connectivity index (χ0) is 20.9. The molecule has 0 atom stereocenters. The SMILES string of the molecule is N#CC(=Cc1ccc(OCc2cc(F)cc(F)c2)cc1)S(=O)(=O)c1ccccc1. The summed E-state index contributed by atoms with van der Waals surface area (Å²) >= 11 is 0. The van der Waals surface area contributed by atoms with Crippen molar-refractivity contribution >= 4 is 15.9 Å². The summed E-state index contributed by atoms with van der Waals surface area (Å²) in [6.07, 6.45) is 1.27. The number of nitrogens with zero attached hydrogens (tertiary/aromatic N) is 1. The summed E-state index contributed by atoms with van der Waals surface area (Å²) in [5, 5.41) is 9.31. The van der Waals surface area contributed by atoms with Gasteiger partial charge in [0.25, 0.3) is 0 Å². The summed E-state index contributed by atoms with van der Waals surface area (Å²) in [6, 6.07) is 18.9. The molecule has 0 heterocycles. The standard InChI is InChI=1S/C22H15F2NO3S/c23-18-10-17(11-19(24)13-18)15-28-20-8-6-16(7-9-20)12-22(14-25)29(26,27)21-4-2-1-3-5-21/h1-13H,15H2. The zero-order valence-electron chi connectivity index (χ0n) is 15.0. The summed E-state index contributed by atoms with van der Waals surface area (Å²) in [7, 11) is -3.92. The van der Waals surface area contributed by atoms with Gasteiger partial charge in [-0.25, -0.2) is 17.2 Å². The van der Waals surface area contributed by atoms with Gasteiger partial charge < -0.3 is 4.74 Å². The van der Waals surface area contributed by atoms with Crippen LogP contribution < -0.4 is 4.74 Å². The van der Waals surface area contributed by atoms with E-state index in [0.717, 1.165) is 6.07 Å². The number of sulfone groups is 1. The van der Waals surface area contributed by atoms with E-state index in [2.05, 4.69) is 0 Å². The molecular formula is C22H15F2NO3S. The molecule has 29 heavy (non-hydrogen) atoms. The molecule has 0 unspecified atom stereocenters. The molecule has 3 aromatic carbocycles. The fraction of sp³-hybridized carbons (Fsp3) is 0.0455. The molecule has 4 nitrogen and oxygen atoms in total. The lowest BCUT2D eigenvalue weighted by atomic mass is 10.2. The summed E-state index contributed by atoms with van der Waals surface area (Å²) in [5.41, 5.74) is 0.831. The second-order valence-electron chi connectivity index (χ2n) is 6.07. The van der Waals surface area contributed by atoms with Crippen molar-refractivity contribution in [2.75, 3.05) is 0 Å². The van der Waals surface area contributed by atoms with Crippen molar-refractivity contribution in [2.45, 2.75) is 11.5 Å². The first-order valence-electron chi connectivity index (χ1n) is 8.48. The van der Waals surface area contributed by atoms with Crippen LogP contribution in [-0.2, 0) is 16.4 Å². The van der Waals surface area contributed by atoms with Gasteiger partial charge in [-0.2, -0.15) is 5.26 Å². The van der Waals surface area contributed by atoms with Crippen LogP contribution in [0.3, 0.4) is 0 Å². The molecule has 0 spiro atoms. The van der Waals surface area contributed by atoms with Crippen molar-refractivity contribution in [3.63, 3.8) is 0 Å². The molecule has 0 aromatic heterocycles. The van der Waals surface area contributed by atoms with E-state index in [1.165, 1.54) is 30.3 Å². The van der Waals surface area contributed by atoms with Gasteiger partial charge in [-0.05, 0) is 53.6 Å². The van der Waals surface area contributed by atoms with Crippen molar-refractivity contribution in [1.29, 1.82) is 5.26 Å². The predicted octanol–water partition coefficient (Wildman–Crippen LogP) is 4.88. The van der Waals surface area contributed by atoms with Crippen LogP contribution in [0.1, 0.15) is 11.1 Å². The normalized spacial score (nSPS) is 11.7. The molecule has 3 rings (SSSR count). The van der Waals surface area contributed by atoms with Crippen LogP contribution in [0.5, 0.6) is 5.75 Å². The lowest BCUT2D eigenvalue weighted by Gasteiger charge is -2.07. The fourth-order valence-corrected chi connectivity index (χ4v) is 3.75. The van der Waals surface area contributed by atoms with Gasteiger partial charge in [0.15, 0.2) is 0 Å². The maximum atomic E-state index is 13.2. The third-order valence-electron chi connectivity index (χ3n) is 3.96. The molecule has 0 saturated heterocycles. The van der Waals surface area contributed by atoms with E-state index >= 15 is 0 Å². The van der Waals surface area contributed by atoms with Gasteiger partial charge >= 0.3 is 0 Å². The van der Waals surface area contributed by atoms with Gasteiger partial charge in [-0.15, -0.1) is 0 Å². The van der Waals surface area contributed by atoms with Crippen LogP contribution in [0.25, 0.3) is 6.08 Å². The Balaban J connectivity index is 1.76. The quantitative estimate of drug-likeness (QED) is 0.542. The number of hydrogen-bond donors (Lipinski definition) is 0. The minimum atomic E-state index is -3.92. The largest absolute Gasteiger partial charge is 0.489 e. The number of benzene rings is 3. The maximum Gasteiger partial charge on any atom is 0.216 e. The van der Waals surface area contributed by atoms with E-state index in [9.17, 15) is 22.5 Å². The minimum absolute atomic E-state index is 0.0320. The van der Waals surface area contributed by atoms with Crippen LogP contribution in [0.2, 0.25) is 0 Å². The Morgan fingerprint density at radius 3 is 2.17 bits per heavy atom. The topological polar surface area (TPSA) is 67.2 Å². The highest BCUT2D eigenvalue weighted by Crippen LogP contribution is 2.22. The fourth-order valence-electron chi connectivity index (χ4n) is 2.57. The first kappa shape index (κ1) is 20.2. The first-order valence-corrected chi connectivity index (χ1v) is 9.96. The van der Waals surface area contributed by atoms with Gasteiger partial charge in [-0.3, -0.25) is 0 Å². The average molecular weight is 411 g/mol. The molecular weight excluding hydrogens is 396 g/mol.